The first-order valence-corrected chi connectivity index (χ1v) is 4.42. The van der Waals surface area contributed by atoms with Crippen LogP contribution < -0.4 is 5.73 Å². The molecule has 0 bridgehead atoms. The third-order valence-electron chi connectivity index (χ3n) is 0.911. The summed E-state index contributed by atoms with van der Waals surface area (Å²) in [5.41, 5.74) is 4.26. The largest absolute Gasteiger partial charge is 0.466 e. The van der Waals surface area contributed by atoms with E-state index >= 15 is 0 Å². The van der Waals surface area contributed by atoms with Crippen molar-refractivity contribution in [2.75, 3.05) is 7.11 Å². The molecule has 0 saturated carbocycles. The average Bonchev–Trinajstić information content (AvgIpc) is 2.01. The van der Waals surface area contributed by atoms with Gasteiger partial charge in [0.2, 0.25) is 0 Å². The van der Waals surface area contributed by atoms with Crippen molar-refractivity contribution in [3.8, 4) is 0 Å². The summed E-state index contributed by atoms with van der Waals surface area (Å²) in [4.78, 5) is 20.1. The van der Waals surface area contributed by atoms with E-state index in [9.17, 15) is 9.59 Å². The number of esters is 1. The van der Waals surface area contributed by atoms with Crippen molar-refractivity contribution in [3.05, 3.63) is 12.2 Å². The molecule has 0 aliphatic rings. The SMILES string of the molecule is C/C=C/C(=O)OC.CC(C)(C)OC(N)=O. The Morgan fingerprint density at radius 3 is 1.80 bits per heavy atom. The highest BCUT2D eigenvalue weighted by molar-refractivity contribution is 5.81. The zero-order chi connectivity index (χ0) is 12.5. The fraction of sp³-hybridized carbons (Fsp3) is 0.600. The first-order valence-electron chi connectivity index (χ1n) is 4.42. The van der Waals surface area contributed by atoms with Gasteiger partial charge in [0.05, 0.1) is 7.11 Å². The molecule has 0 aliphatic carbocycles. The van der Waals surface area contributed by atoms with Crippen LogP contribution in [0.3, 0.4) is 0 Å². The van der Waals surface area contributed by atoms with Crippen molar-refractivity contribution in [2.45, 2.75) is 33.3 Å². The molecule has 0 radical (unpaired) electrons. The molecule has 5 heteroatoms. The molecule has 0 saturated heterocycles. The lowest BCUT2D eigenvalue weighted by Gasteiger charge is -2.16. The van der Waals surface area contributed by atoms with Gasteiger partial charge in [-0.05, 0) is 27.7 Å². The Bertz CT molecular complexity index is 228. The topological polar surface area (TPSA) is 78.6 Å². The number of nitrogens with two attached hydrogens (primary N) is 1. The van der Waals surface area contributed by atoms with Crippen LogP contribution in [-0.4, -0.2) is 24.8 Å². The quantitative estimate of drug-likeness (QED) is 0.534. The normalized spacial score (nSPS) is 10.2. The first-order chi connectivity index (χ1) is 6.72. The lowest BCUT2D eigenvalue weighted by atomic mass is 10.2. The zero-order valence-corrected chi connectivity index (χ0v) is 9.87. The molecule has 15 heavy (non-hydrogen) atoms. The minimum atomic E-state index is -0.725. The van der Waals surface area contributed by atoms with Gasteiger partial charge in [-0.15, -0.1) is 0 Å². The number of carbonyl (C=O) groups excluding carboxylic acids is 2. The van der Waals surface area contributed by atoms with E-state index in [-0.39, 0.29) is 5.97 Å². The Morgan fingerprint density at radius 2 is 1.73 bits per heavy atom. The van der Waals surface area contributed by atoms with Crippen molar-refractivity contribution < 1.29 is 19.1 Å². The summed E-state index contributed by atoms with van der Waals surface area (Å²) in [6.45, 7) is 7.05. The van der Waals surface area contributed by atoms with Crippen LogP contribution in [0.1, 0.15) is 27.7 Å². The van der Waals surface area contributed by atoms with Gasteiger partial charge in [-0.25, -0.2) is 9.59 Å². The Morgan fingerprint density at radius 1 is 1.27 bits per heavy atom. The summed E-state index contributed by atoms with van der Waals surface area (Å²) in [5, 5.41) is 0. The molecule has 0 aliphatic heterocycles. The van der Waals surface area contributed by atoms with E-state index in [1.54, 1.807) is 33.8 Å². The highest BCUT2D eigenvalue weighted by atomic mass is 16.6. The van der Waals surface area contributed by atoms with E-state index in [4.69, 9.17) is 5.73 Å². The monoisotopic (exact) mass is 217 g/mol. The predicted molar refractivity (Wildman–Crippen MR) is 57.3 cm³/mol. The number of amides is 1. The molecule has 0 heterocycles. The van der Waals surface area contributed by atoms with E-state index < -0.39 is 11.7 Å². The van der Waals surface area contributed by atoms with Gasteiger partial charge in [-0.2, -0.15) is 0 Å². The summed E-state index contributed by atoms with van der Waals surface area (Å²) in [6.07, 6.45) is 2.27. The maximum Gasteiger partial charge on any atom is 0.405 e. The van der Waals surface area contributed by atoms with Gasteiger partial charge >= 0.3 is 12.1 Å². The molecular formula is C10H19NO4. The fourth-order valence-electron chi connectivity index (χ4n) is 0.506. The molecule has 0 aromatic rings. The summed E-state index contributed by atoms with van der Waals surface area (Å²) in [6, 6.07) is 0. The Balaban J connectivity index is 0. The van der Waals surface area contributed by atoms with E-state index in [2.05, 4.69) is 9.47 Å². The zero-order valence-electron chi connectivity index (χ0n) is 9.87. The van der Waals surface area contributed by atoms with Crippen LogP contribution in [0.15, 0.2) is 12.2 Å². The molecule has 5 nitrogen and oxygen atoms in total. The van der Waals surface area contributed by atoms with Crippen LogP contribution in [-0.2, 0) is 14.3 Å². The number of rotatable bonds is 1. The Labute approximate surface area is 90.2 Å². The van der Waals surface area contributed by atoms with Gasteiger partial charge in [-0.3, -0.25) is 0 Å². The third kappa shape index (κ3) is 19.1. The maximum atomic E-state index is 10.1. The number of hydrogen-bond donors (Lipinski definition) is 1. The highest BCUT2D eigenvalue weighted by Gasteiger charge is 2.12. The number of hydrogen-bond acceptors (Lipinski definition) is 4. The molecule has 0 aromatic carbocycles. The Kier molecular flexibility index (Phi) is 8.33. The maximum absolute atomic E-state index is 10.1. The molecule has 0 aromatic heterocycles. The number of primary amides is 1. The van der Waals surface area contributed by atoms with Crippen LogP contribution in [0.5, 0.6) is 0 Å². The van der Waals surface area contributed by atoms with Crippen molar-refractivity contribution in [1.29, 1.82) is 0 Å². The summed E-state index contributed by atoms with van der Waals surface area (Å²) in [5.74, 6) is -0.303. The summed E-state index contributed by atoms with van der Waals surface area (Å²) in [7, 11) is 1.35. The summed E-state index contributed by atoms with van der Waals surface area (Å²) < 4.78 is 8.84. The summed E-state index contributed by atoms with van der Waals surface area (Å²) >= 11 is 0. The highest BCUT2D eigenvalue weighted by Crippen LogP contribution is 2.04. The van der Waals surface area contributed by atoms with Gasteiger partial charge < -0.3 is 15.2 Å². The second-order valence-corrected chi connectivity index (χ2v) is 3.56. The molecule has 0 spiro atoms. The first kappa shape index (κ1) is 15.9. The standard InChI is InChI=1S/C5H11NO2.C5H8O2/c1-5(2,3)8-4(6)7;1-3-4-5(6)7-2/h1-3H3,(H2,6,7);3-4H,1-2H3/b;4-3+. The number of allylic oxidation sites excluding steroid dienone is 1. The minimum absolute atomic E-state index is 0.303. The van der Waals surface area contributed by atoms with Gasteiger partial charge in [0, 0.05) is 6.08 Å². The molecule has 0 atom stereocenters. The second-order valence-electron chi connectivity index (χ2n) is 3.56. The average molecular weight is 217 g/mol. The molecule has 2 N–H and O–H groups in total. The number of ether oxygens (including phenoxy) is 2. The fourth-order valence-corrected chi connectivity index (χ4v) is 0.506. The number of carbonyl (C=O) groups is 2. The molecular weight excluding hydrogens is 198 g/mol. The lowest BCUT2D eigenvalue weighted by molar-refractivity contribution is -0.134. The van der Waals surface area contributed by atoms with Crippen LogP contribution >= 0.6 is 0 Å². The van der Waals surface area contributed by atoms with Crippen molar-refractivity contribution >= 4 is 12.1 Å². The van der Waals surface area contributed by atoms with E-state index in [1.165, 1.54) is 13.2 Å². The predicted octanol–water partition coefficient (Wildman–Crippen LogP) is 1.62. The second kappa shape index (κ2) is 7.84. The molecule has 0 fully saturated rings. The molecule has 0 rings (SSSR count). The van der Waals surface area contributed by atoms with E-state index in [0.29, 0.717) is 0 Å². The van der Waals surface area contributed by atoms with Crippen LogP contribution in [0.25, 0.3) is 0 Å². The molecule has 1 amide bonds. The van der Waals surface area contributed by atoms with Gasteiger partial charge in [0.15, 0.2) is 0 Å². The lowest BCUT2D eigenvalue weighted by Crippen LogP contribution is -2.27. The Hall–Kier alpha value is -1.52. The van der Waals surface area contributed by atoms with Crippen LogP contribution in [0, 0.1) is 0 Å². The van der Waals surface area contributed by atoms with Gasteiger partial charge in [0.25, 0.3) is 0 Å². The molecule has 0 unspecified atom stereocenters. The van der Waals surface area contributed by atoms with Gasteiger partial charge in [-0.1, -0.05) is 6.08 Å². The van der Waals surface area contributed by atoms with Crippen LogP contribution in [0.2, 0.25) is 0 Å². The minimum Gasteiger partial charge on any atom is -0.466 e. The van der Waals surface area contributed by atoms with Crippen molar-refractivity contribution in [3.63, 3.8) is 0 Å². The van der Waals surface area contributed by atoms with Crippen molar-refractivity contribution in [2.24, 2.45) is 5.73 Å². The van der Waals surface area contributed by atoms with E-state index in [0.717, 1.165) is 0 Å². The third-order valence-corrected chi connectivity index (χ3v) is 0.911. The molecule has 88 valence electrons. The smallest absolute Gasteiger partial charge is 0.405 e. The van der Waals surface area contributed by atoms with Gasteiger partial charge in [0.1, 0.15) is 5.60 Å². The number of methoxy groups -OCH3 is 1. The van der Waals surface area contributed by atoms with Crippen molar-refractivity contribution in [1.82, 2.24) is 0 Å². The van der Waals surface area contributed by atoms with Crippen LogP contribution in [0.4, 0.5) is 4.79 Å². The van der Waals surface area contributed by atoms with E-state index in [1.807, 2.05) is 0 Å².